The van der Waals surface area contributed by atoms with Crippen LogP contribution in [-0.4, -0.2) is 75.8 Å². The minimum atomic E-state index is -0.108. The Morgan fingerprint density at radius 3 is 2.76 bits per heavy atom. The molecule has 34 heavy (non-hydrogen) atoms. The molecule has 2 saturated heterocycles. The van der Waals surface area contributed by atoms with Gasteiger partial charge in [0.1, 0.15) is 12.4 Å². The number of hydrogen-bond donors (Lipinski definition) is 0. The van der Waals surface area contributed by atoms with Crippen LogP contribution in [0.1, 0.15) is 48.2 Å². The molecule has 0 bridgehead atoms. The number of aromatic nitrogens is 3. The van der Waals surface area contributed by atoms with Gasteiger partial charge in [-0.1, -0.05) is 18.6 Å². The minimum Gasteiger partial charge on any atom is -0.492 e. The van der Waals surface area contributed by atoms with Crippen LogP contribution in [0.3, 0.4) is 0 Å². The number of nitrogens with zero attached hydrogens (tertiary/aromatic N) is 5. The number of fused-ring (bicyclic) bond motifs is 1. The summed E-state index contributed by atoms with van der Waals surface area (Å²) in [6.07, 6.45) is 9.51. The fourth-order valence-electron chi connectivity index (χ4n) is 4.74. The number of rotatable bonds is 9. The molecule has 2 fully saturated rings. The summed E-state index contributed by atoms with van der Waals surface area (Å²) < 4.78 is 13.4. The molecule has 0 N–H and O–H groups in total. The van der Waals surface area contributed by atoms with E-state index >= 15 is 0 Å². The number of piperidine rings is 1. The molecule has 1 amide bonds. The van der Waals surface area contributed by atoms with Gasteiger partial charge in [0.2, 0.25) is 0 Å². The smallest absolute Gasteiger partial charge is 0.274 e. The van der Waals surface area contributed by atoms with Crippen LogP contribution in [0.25, 0.3) is 5.65 Å². The van der Waals surface area contributed by atoms with E-state index in [2.05, 4.69) is 15.0 Å². The van der Waals surface area contributed by atoms with Gasteiger partial charge in [-0.25, -0.2) is 9.50 Å². The van der Waals surface area contributed by atoms with Crippen molar-refractivity contribution in [2.45, 2.75) is 44.8 Å². The molecule has 2 aliphatic rings. The van der Waals surface area contributed by atoms with E-state index in [0.29, 0.717) is 31.0 Å². The first-order valence-corrected chi connectivity index (χ1v) is 12.4. The molecule has 0 unspecified atom stereocenters. The predicted molar refractivity (Wildman–Crippen MR) is 129 cm³/mol. The van der Waals surface area contributed by atoms with Gasteiger partial charge in [-0.05, 0) is 62.5 Å². The number of likely N-dealkylation sites (tertiary alicyclic amines) is 1. The van der Waals surface area contributed by atoms with Gasteiger partial charge in [-0.15, -0.1) is 0 Å². The van der Waals surface area contributed by atoms with Crippen molar-refractivity contribution >= 4 is 11.6 Å². The van der Waals surface area contributed by atoms with E-state index < -0.39 is 0 Å². The molecule has 4 heterocycles. The molecule has 0 saturated carbocycles. The van der Waals surface area contributed by atoms with Gasteiger partial charge in [-0.2, -0.15) is 5.10 Å². The first kappa shape index (κ1) is 22.8. The average molecular weight is 464 g/mol. The van der Waals surface area contributed by atoms with Gasteiger partial charge in [-0.3, -0.25) is 9.69 Å². The Morgan fingerprint density at radius 1 is 1.15 bits per heavy atom. The second-order valence-electron chi connectivity index (χ2n) is 9.17. The van der Waals surface area contributed by atoms with Crippen LogP contribution in [0.5, 0.6) is 5.75 Å². The lowest BCUT2D eigenvalue weighted by Crippen LogP contribution is -2.37. The molecule has 0 radical (unpaired) electrons. The number of benzene rings is 1. The molecule has 0 aliphatic carbocycles. The molecule has 0 spiro atoms. The van der Waals surface area contributed by atoms with Gasteiger partial charge in [0.25, 0.3) is 5.91 Å². The van der Waals surface area contributed by atoms with E-state index in [1.54, 1.807) is 29.0 Å². The maximum atomic E-state index is 13.4. The number of hydrogen-bond acceptors (Lipinski definition) is 6. The summed E-state index contributed by atoms with van der Waals surface area (Å²) in [6.45, 7) is 5.83. The van der Waals surface area contributed by atoms with E-state index in [0.717, 1.165) is 37.3 Å². The Hall–Kier alpha value is -2.97. The summed E-state index contributed by atoms with van der Waals surface area (Å²) in [7, 11) is 0. The SMILES string of the molecule is O=C(c1cc2ncccn2n1)N(Cc1ccc(OCCN2CCCCC2)cc1)C[C@H]1CCCO1. The van der Waals surface area contributed by atoms with Crippen molar-refractivity contribution in [3.05, 3.63) is 60.0 Å². The van der Waals surface area contributed by atoms with Crippen LogP contribution in [0.2, 0.25) is 0 Å². The molecular weight excluding hydrogens is 430 g/mol. The topological polar surface area (TPSA) is 72.2 Å². The van der Waals surface area contributed by atoms with Crippen molar-refractivity contribution in [2.24, 2.45) is 0 Å². The number of ether oxygens (including phenoxy) is 2. The zero-order valence-corrected chi connectivity index (χ0v) is 19.6. The molecule has 180 valence electrons. The molecular formula is C26H33N5O3. The highest BCUT2D eigenvalue weighted by Gasteiger charge is 2.25. The van der Waals surface area contributed by atoms with Gasteiger partial charge in [0, 0.05) is 44.7 Å². The summed E-state index contributed by atoms with van der Waals surface area (Å²) >= 11 is 0. The average Bonchev–Trinajstić information content (AvgIpc) is 3.55. The zero-order valence-electron chi connectivity index (χ0n) is 19.6. The molecule has 8 nitrogen and oxygen atoms in total. The van der Waals surface area contributed by atoms with Crippen LogP contribution in [0.15, 0.2) is 48.8 Å². The van der Waals surface area contributed by atoms with Crippen LogP contribution in [-0.2, 0) is 11.3 Å². The molecule has 2 aromatic heterocycles. The third-order valence-electron chi connectivity index (χ3n) is 6.61. The molecule has 8 heteroatoms. The summed E-state index contributed by atoms with van der Waals surface area (Å²) in [5.41, 5.74) is 2.11. The van der Waals surface area contributed by atoms with Gasteiger partial charge < -0.3 is 14.4 Å². The highest BCUT2D eigenvalue weighted by molar-refractivity contribution is 5.93. The second kappa shape index (κ2) is 11.0. The lowest BCUT2D eigenvalue weighted by molar-refractivity contribution is 0.0502. The Balaban J connectivity index is 1.22. The van der Waals surface area contributed by atoms with Crippen molar-refractivity contribution in [1.29, 1.82) is 0 Å². The number of carbonyl (C=O) groups excluding carboxylic acids is 1. The third-order valence-corrected chi connectivity index (χ3v) is 6.61. The third kappa shape index (κ3) is 5.74. The molecule has 3 aromatic rings. The quantitative estimate of drug-likeness (QED) is 0.484. The first-order chi connectivity index (χ1) is 16.7. The lowest BCUT2D eigenvalue weighted by Gasteiger charge is -2.26. The summed E-state index contributed by atoms with van der Waals surface area (Å²) in [6, 6.07) is 11.6. The summed E-state index contributed by atoms with van der Waals surface area (Å²) in [5, 5.41) is 4.43. The molecule has 1 atom stereocenters. The minimum absolute atomic E-state index is 0.0662. The Bertz CT molecular complexity index is 1040. The second-order valence-corrected chi connectivity index (χ2v) is 9.17. The van der Waals surface area contributed by atoms with Gasteiger partial charge in [0.05, 0.1) is 6.10 Å². The first-order valence-electron chi connectivity index (χ1n) is 12.4. The molecule has 2 aliphatic heterocycles. The predicted octanol–water partition coefficient (Wildman–Crippen LogP) is 3.42. The van der Waals surface area contributed by atoms with Gasteiger partial charge in [0.15, 0.2) is 11.3 Å². The van der Waals surface area contributed by atoms with Crippen molar-refractivity contribution in [3.8, 4) is 5.75 Å². The highest BCUT2D eigenvalue weighted by atomic mass is 16.5. The summed E-state index contributed by atoms with van der Waals surface area (Å²) in [5.74, 6) is 0.757. The van der Waals surface area contributed by atoms with Crippen LogP contribution in [0, 0.1) is 0 Å². The van der Waals surface area contributed by atoms with Crippen LogP contribution in [0.4, 0.5) is 0 Å². The number of amides is 1. The monoisotopic (exact) mass is 463 g/mol. The fourth-order valence-corrected chi connectivity index (χ4v) is 4.74. The van der Waals surface area contributed by atoms with Crippen molar-refractivity contribution in [1.82, 2.24) is 24.4 Å². The van der Waals surface area contributed by atoms with Crippen LogP contribution >= 0.6 is 0 Å². The van der Waals surface area contributed by atoms with Crippen molar-refractivity contribution in [2.75, 3.05) is 39.4 Å². The Morgan fingerprint density at radius 2 is 2.00 bits per heavy atom. The van der Waals surface area contributed by atoms with E-state index in [1.807, 2.05) is 29.2 Å². The Labute approximate surface area is 200 Å². The maximum absolute atomic E-state index is 13.4. The highest BCUT2D eigenvalue weighted by Crippen LogP contribution is 2.19. The Kier molecular flexibility index (Phi) is 7.36. The maximum Gasteiger partial charge on any atom is 0.274 e. The van der Waals surface area contributed by atoms with E-state index in [-0.39, 0.29) is 12.0 Å². The summed E-state index contributed by atoms with van der Waals surface area (Å²) in [4.78, 5) is 22.0. The number of carbonyl (C=O) groups is 1. The van der Waals surface area contributed by atoms with Crippen molar-refractivity contribution in [3.63, 3.8) is 0 Å². The zero-order chi connectivity index (χ0) is 23.2. The fraction of sp³-hybridized carbons (Fsp3) is 0.500. The van der Waals surface area contributed by atoms with E-state index in [4.69, 9.17) is 9.47 Å². The van der Waals surface area contributed by atoms with Crippen LogP contribution < -0.4 is 4.74 Å². The van der Waals surface area contributed by atoms with Gasteiger partial charge >= 0.3 is 0 Å². The molecule has 1 aromatic carbocycles. The molecule has 5 rings (SSSR count). The van der Waals surface area contributed by atoms with Crippen molar-refractivity contribution < 1.29 is 14.3 Å². The largest absolute Gasteiger partial charge is 0.492 e. The standard InChI is InChI=1S/C26H33N5O3/c32-26(24-18-25-27-11-5-14-31(25)28-24)30(20-23-6-4-16-33-23)19-21-7-9-22(10-8-21)34-17-15-29-12-2-1-3-13-29/h5,7-11,14,18,23H,1-4,6,12-13,15-17,19-20H2/t23-/m1/s1. The lowest BCUT2D eigenvalue weighted by atomic mass is 10.1. The normalized spacial score (nSPS) is 18.9. The van der Waals surface area contributed by atoms with E-state index in [1.165, 1.54) is 32.4 Å². The van der Waals surface area contributed by atoms with E-state index in [9.17, 15) is 4.79 Å².